The maximum Gasteiger partial charge on any atom is 0.293 e. The van der Waals surface area contributed by atoms with E-state index in [0.717, 1.165) is 82.6 Å². The van der Waals surface area contributed by atoms with Gasteiger partial charge in [0, 0.05) is 91.6 Å². The summed E-state index contributed by atoms with van der Waals surface area (Å²) >= 11 is 1.50. The van der Waals surface area contributed by atoms with Gasteiger partial charge in [0.25, 0.3) is 11.5 Å². The quantitative estimate of drug-likeness (QED) is 0.200. The summed E-state index contributed by atoms with van der Waals surface area (Å²) in [5.74, 6) is 0.515. The standard InChI is InChI=1S/C41H48N8O6S/c1-4-35(51)44-31-21-26(9-10-33(31)48-16-15-47(22-25(48)2)27-12-18-54-19-13-27)43-38-41(53)46(3)23-32(45-38)28-11-14-42-39(30(28)24-50)49-17-20-55-36-29-7-5-6-8-34(29)56-37(36)40(49)52/h4,9-11,14,21,23,25,27,50H,1,5-8,12-13,15-20,22,24H2,2-3H3,(H,43,45)(H,44,51). The Morgan fingerprint density at radius 3 is 2.71 bits per heavy atom. The summed E-state index contributed by atoms with van der Waals surface area (Å²) in [5, 5.41) is 17.0. The third-order valence-corrected chi connectivity index (χ3v) is 12.6. The number of hydrogen-bond acceptors (Lipinski definition) is 12. The number of aromatic nitrogens is 3. The summed E-state index contributed by atoms with van der Waals surface area (Å²) in [7, 11) is 1.63. The molecule has 0 bridgehead atoms. The smallest absolute Gasteiger partial charge is 0.293 e. The molecule has 1 unspecified atom stereocenters. The van der Waals surface area contributed by atoms with E-state index in [1.165, 1.54) is 26.9 Å². The van der Waals surface area contributed by atoms with E-state index in [2.05, 4.69) is 38.9 Å². The highest BCUT2D eigenvalue weighted by Gasteiger charge is 2.34. The Labute approximate surface area is 329 Å². The Hall–Kier alpha value is -5.09. The third kappa shape index (κ3) is 7.31. The second-order valence-electron chi connectivity index (χ2n) is 14.8. The highest BCUT2D eigenvalue weighted by atomic mass is 32.1. The molecule has 6 heterocycles. The van der Waals surface area contributed by atoms with E-state index in [9.17, 15) is 19.5 Å². The van der Waals surface area contributed by atoms with Gasteiger partial charge in [-0.1, -0.05) is 6.58 Å². The normalized spacial score (nSPS) is 19.1. The molecule has 14 nitrogen and oxygen atoms in total. The molecule has 0 saturated carbocycles. The molecule has 15 heteroatoms. The van der Waals surface area contributed by atoms with Gasteiger partial charge in [-0.15, -0.1) is 11.3 Å². The summed E-state index contributed by atoms with van der Waals surface area (Å²) < 4.78 is 13.2. The van der Waals surface area contributed by atoms with E-state index in [0.29, 0.717) is 57.3 Å². The van der Waals surface area contributed by atoms with Gasteiger partial charge in [0.15, 0.2) is 5.82 Å². The van der Waals surface area contributed by atoms with Crippen molar-refractivity contribution < 1.29 is 24.2 Å². The lowest BCUT2D eigenvalue weighted by Gasteiger charge is -2.45. The van der Waals surface area contributed by atoms with Gasteiger partial charge >= 0.3 is 0 Å². The Bertz CT molecular complexity index is 2210. The van der Waals surface area contributed by atoms with Crippen molar-refractivity contribution >= 4 is 51.8 Å². The number of rotatable bonds is 9. The van der Waals surface area contributed by atoms with Crippen LogP contribution in [0.4, 0.5) is 28.7 Å². The van der Waals surface area contributed by atoms with E-state index in [-0.39, 0.29) is 35.8 Å². The minimum Gasteiger partial charge on any atom is -0.490 e. The van der Waals surface area contributed by atoms with Crippen molar-refractivity contribution in [1.82, 2.24) is 19.4 Å². The number of hydrogen-bond donors (Lipinski definition) is 3. The fraction of sp³-hybridized carbons (Fsp3) is 0.439. The zero-order valence-corrected chi connectivity index (χ0v) is 32.7. The van der Waals surface area contributed by atoms with Crippen LogP contribution in [0.1, 0.15) is 58.3 Å². The van der Waals surface area contributed by atoms with Gasteiger partial charge in [-0.3, -0.25) is 24.2 Å². The number of anilines is 5. The van der Waals surface area contributed by atoms with E-state index in [1.807, 2.05) is 12.1 Å². The Morgan fingerprint density at radius 1 is 1.11 bits per heavy atom. The average Bonchev–Trinajstić information content (AvgIpc) is 3.51. The first-order chi connectivity index (χ1) is 27.2. The van der Waals surface area contributed by atoms with Gasteiger partial charge in [-0.25, -0.2) is 9.97 Å². The molecule has 4 aromatic rings. The molecular weight excluding hydrogens is 733 g/mol. The van der Waals surface area contributed by atoms with Crippen LogP contribution in [0.2, 0.25) is 0 Å². The SMILES string of the molecule is C=CC(=O)Nc1cc(Nc2nc(-c3ccnc(N4CCOc5c(sc6c5CCCC6)C4=O)c3CO)cn(C)c2=O)ccc1N1CCN(C2CCOCC2)CC1C. The maximum atomic E-state index is 14.1. The third-order valence-electron chi connectivity index (χ3n) is 11.3. The van der Waals surface area contributed by atoms with Gasteiger partial charge in [0.05, 0.1) is 30.2 Å². The molecule has 2 amide bonds. The number of aliphatic hydroxyl groups is 1. The molecule has 56 heavy (non-hydrogen) atoms. The lowest BCUT2D eigenvalue weighted by Crippen LogP contribution is -2.56. The van der Waals surface area contributed by atoms with Crippen LogP contribution in [-0.4, -0.2) is 94.4 Å². The molecule has 3 aromatic heterocycles. The van der Waals surface area contributed by atoms with Crippen LogP contribution in [-0.2, 0) is 36.0 Å². The fourth-order valence-electron chi connectivity index (χ4n) is 8.43. The Morgan fingerprint density at radius 2 is 1.93 bits per heavy atom. The molecule has 8 rings (SSSR count). The van der Waals surface area contributed by atoms with Gasteiger partial charge in [0.1, 0.15) is 23.1 Å². The van der Waals surface area contributed by atoms with Crippen molar-refractivity contribution in [3.05, 3.63) is 80.5 Å². The molecule has 1 atom stereocenters. The first kappa shape index (κ1) is 37.8. The molecule has 1 aliphatic carbocycles. The minimum absolute atomic E-state index is 0.0486. The number of ether oxygens (including phenoxy) is 2. The number of fused-ring (bicyclic) bond motifs is 3. The van der Waals surface area contributed by atoms with Crippen LogP contribution in [0.25, 0.3) is 11.3 Å². The Balaban J connectivity index is 1.08. The van der Waals surface area contributed by atoms with Gasteiger partial charge in [-0.05, 0) is 75.8 Å². The van der Waals surface area contributed by atoms with Gasteiger partial charge in [0.2, 0.25) is 5.91 Å². The zero-order chi connectivity index (χ0) is 38.9. The molecule has 2 fully saturated rings. The van der Waals surface area contributed by atoms with Crippen LogP contribution in [0.15, 0.2) is 54.1 Å². The lowest BCUT2D eigenvalue weighted by molar-refractivity contribution is -0.111. The van der Waals surface area contributed by atoms with Crippen LogP contribution < -0.4 is 30.7 Å². The van der Waals surface area contributed by atoms with E-state index in [1.54, 1.807) is 36.5 Å². The molecule has 2 saturated heterocycles. The molecule has 0 radical (unpaired) electrons. The highest BCUT2D eigenvalue weighted by molar-refractivity contribution is 7.14. The number of carbonyl (C=O) groups excluding carboxylic acids is 2. The van der Waals surface area contributed by atoms with Crippen LogP contribution in [0, 0.1) is 0 Å². The van der Waals surface area contributed by atoms with Crippen LogP contribution in [0.5, 0.6) is 5.75 Å². The topological polar surface area (TPSA) is 154 Å². The molecule has 1 aromatic carbocycles. The average molecular weight is 781 g/mol. The van der Waals surface area contributed by atoms with E-state index in [4.69, 9.17) is 14.5 Å². The molecule has 294 valence electrons. The van der Waals surface area contributed by atoms with E-state index >= 15 is 0 Å². The Kier molecular flexibility index (Phi) is 10.9. The predicted octanol–water partition coefficient (Wildman–Crippen LogP) is 4.87. The van der Waals surface area contributed by atoms with Crippen molar-refractivity contribution in [3.63, 3.8) is 0 Å². The fourth-order valence-corrected chi connectivity index (χ4v) is 9.72. The van der Waals surface area contributed by atoms with E-state index < -0.39 is 6.61 Å². The minimum atomic E-state index is -0.417. The lowest BCUT2D eigenvalue weighted by atomic mass is 9.98. The van der Waals surface area contributed by atoms with Crippen LogP contribution in [0.3, 0.4) is 0 Å². The number of carbonyl (C=O) groups is 2. The molecular formula is C41H48N8O6S. The number of pyridine rings is 1. The summed E-state index contributed by atoms with van der Waals surface area (Å²) in [4.78, 5) is 57.8. The molecule has 0 spiro atoms. The van der Waals surface area contributed by atoms with Crippen molar-refractivity contribution in [2.45, 2.75) is 64.1 Å². The number of nitrogens with one attached hydrogen (secondary N) is 2. The largest absolute Gasteiger partial charge is 0.490 e. The number of benzene rings is 1. The van der Waals surface area contributed by atoms with Gasteiger partial charge < -0.3 is 34.7 Å². The van der Waals surface area contributed by atoms with Crippen molar-refractivity contribution in [1.29, 1.82) is 0 Å². The number of thiophene rings is 1. The number of aryl methyl sites for hydroxylation is 2. The molecule has 3 aliphatic heterocycles. The van der Waals surface area contributed by atoms with Crippen LogP contribution >= 0.6 is 11.3 Å². The predicted molar refractivity (Wildman–Crippen MR) is 218 cm³/mol. The van der Waals surface area contributed by atoms with Crippen molar-refractivity contribution in [2.24, 2.45) is 7.05 Å². The highest BCUT2D eigenvalue weighted by Crippen LogP contribution is 2.43. The second kappa shape index (κ2) is 16.2. The first-order valence-electron chi connectivity index (χ1n) is 19.4. The number of aliphatic hydroxyl groups excluding tert-OH is 1. The summed E-state index contributed by atoms with van der Waals surface area (Å²) in [6.45, 7) is 10.2. The molecule has 3 N–H and O–H groups in total. The van der Waals surface area contributed by atoms with Gasteiger partial charge in [-0.2, -0.15) is 0 Å². The van der Waals surface area contributed by atoms with Crippen molar-refractivity contribution in [3.8, 4) is 17.0 Å². The maximum absolute atomic E-state index is 14.1. The number of nitrogens with zero attached hydrogens (tertiary/aromatic N) is 6. The first-order valence-corrected chi connectivity index (χ1v) is 20.2. The summed E-state index contributed by atoms with van der Waals surface area (Å²) in [6.07, 6.45) is 10.5. The number of piperazine rings is 1. The number of amides is 2. The van der Waals surface area contributed by atoms with Crippen molar-refractivity contribution in [2.75, 3.05) is 66.4 Å². The monoisotopic (exact) mass is 780 g/mol. The zero-order valence-electron chi connectivity index (χ0n) is 31.9. The summed E-state index contributed by atoms with van der Waals surface area (Å²) in [5.41, 5.74) is 4.12. The molecule has 4 aliphatic rings. The summed E-state index contributed by atoms with van der Waals surface area (Å²) in [6, 6.07) is 8.06. The second-order valence-corrected chi connectivity index (χ2v) is 15.9.